The van der Waals surface area contributed by atoms with E-state index in [1.807, 2.05) is 31.4 Å². The number of nitrogens with one attached hydrogen (secondary N) is 1. The zero-order valence-corrected chi connectivity index (χ0v) is 9.46. The van der Waals surface area contributed by atoms with E-state index in [0.717, 1.165) is 5.56 Å². The number of hydrogen-bond donors (Lipinski definition) is 1. The van der Waals surface area contributed by atoms with E-state index < -0.39 is 6.09 Å². The SMILES string of the molecule is Cn1cccc1OC(=O)NCc1cccnc1. The molecule has 0 atom stereocenters. The Bertz CT molecular complexity index is 493. The van der Waals surface area contributed by atoms with Crippen molar-refractivity contribution in [3.05, 3.63) is 48.4 Å². The van der Waals surface area contributed by atoms with Crippen LogP contribution in [0.1, 0.15) is 5.56 Å². The molecule has 0 unspecified atom stereocenters. The Hall–Kier alpha value is -2.30. The number of carbonyl (C=O) groups is 1. The number of aryl methyl sites for hydroxylation is 1. The van der Waals surface area contributed by atoms with E-state index in [1.165, 1.54) is 0 Å². The second kappa shape index (κ2) is 5.16. The number of ether oxygens (including phenoxy) is 1. The van der Waals surface area contributed by atoms with Crippen molar-refractivity contribution in [1.29, 1.82) is 0 Å². The summed E-state index contributed by atoms with van der Waals surface area (Å²) in [6.07, 6.45) is 4.72. The Labute approximate surface area is 99.0 Å². The van der Waals surface area contributed by atoms with Crippen molar-refractivity contribution in [3.63, 3.8) is 0 Å². The molecule has 0 aliphatic rings. The molecule has 2 aromatic rings. The van der Waals surface area contributed by atoms with Gasteiger partial charge < -0.3 is 14.6 Å². The summed E-state index contributed by atoms with van der Waals surface area (Å²) < 4.78 is 6.83. The van der Waals surface area contributed by atoms with Gasteiger partial charge in [0.25, 0.3) is 0 Å². The van der Waals surface area contributed by atoms with Gasteiger partial charge in [-0.1, -0.05) is 6.07 Å². The molecule has 5 heteroatoms. The first-order chi connectivity index (χ1) is 8.25. The van der Waals surface area contributed by atoms with Crippen LogP contribution in [0.5, 0.6) is 5.88 Å². The molecular weight excluding hydrogens is 218 g/mol. The van der Waals surface area contributed by atoms with Gasteiger partial charge in [0.05, 0.1) is 0 Å². The molecular formula is C12H13N3O2. The first-order valence-corrected chi connectivity index (χ1v) is 5.21. The highest BCUT2D eigenvalue weighted by molar-refractivity contribution is 5.69. The second-order valence-corrected chi connectivity index (χ2v) is 3.56. The standard InChI is InChI=1S/C12H13N3O2/c1-15-7-3-5-11(15)17-12(16)14-9-10-4-2-6-13-8-10/h2-8H,9H2,1H3,(H,14,16). The summed E-state index contributed by atoms with van der Waals surface area (Å²) in [5.41, 5.74) is 0.927. The minimum Gasteiger partial charge on any atom is -0.393 e. The molecule has 2 heterocycles. The Morgan fingerprint density at radius 2 is 2.35 bits per heavy atom. The van der Waals surface area contributed by atoms with Crippen LogP contribution in [-0.2, 0) is 13.6 Å². The van der Waals surface area contributed by atoms with Crippen LogP contribution in [0.15, 0.2) is 42.9 Å². The number of carbonyl (C=O) groups excluding carboxylic acids is 1. The Balaban J connectivity index is 1.85. The van der Waals surface area contributed by atoms with Crippen LogP contribution in [0.25, 0.3) is 0 Å². The summed E-state index contributed by atoms with van der Waals surface area (Å²) in [6.45, 7) is 0.400. The molecule has 0 radical (unpaired) electrons. The van der Waals surface area contributed by atoms with Crippen molar-refractivity contribution in [3.8, 4) is 5.88 Å². The van der Waals surface area contributed by atoms with E-state index in [2.05, 4.69) is 10.3 Å². The fraction of sp³-hybridized carbons (Fsp3) is 0.167. The summed E-state index contributed by atoms with van der Waals surface area (Å²) in [5.74, 6) is 0.508. The van der Waals surface area contributed by atoms with Crippen LogP contribution in [0.2, 0.25) is 0 Å². The van der Waals surface area contributed by atoms with Gasteiger partial charge in [0.2, 0.25) is 5.88 Å². The number of hydrogen-bond acceptors (Lipinski definition) is 3. The number of pyridine rings is 1. The summed E-state index contributed by atoms with van der Waals surface area (Å²) in [7, 11) is 1.81. The lowest BCUT2D eigenvalue weighted by Crippen LogP contribution is -2.26. The summed E-state index contributed by atoms with van der Waals surface area (Å²) >= 11 is 0. The third-order valence-corrected chi connectivity index (χ3v) is 2.25. The average molecular weight is 231 g/mol. The molecule has 0 fully saturated rings. The third-order valence-electron chi connectivity index (χ3n) is 2.25. The number of rotatable bonds is 3. The Kier molecular flexibility index (Phi) is 3.40. The molecule has 0 spiro atoms. The average Bonchev–Trinajstić information content (AvgIpc) is 2.74. The van der Waals surface area contributed by atoms with Crippen LogP contribution < -0.4 is 10.1 Å². The lowest BCUT2D eigenvalue weighted by atomic mass is 10.3. The van der Waals surface area contributed by atoms with E-state index in [9.17, 15) is 4.79 Å². The lowest BCUT2D eigenvalue weighted by Gasteiger charge is -2.06. The highest BCUT2D eigenvalue weighted by atomic mass is 16.6. The smallest absolute Gasteiger partial charge is 0.393 e. The molecule has 2 rings (SSSR count). The molecule has 0 aliphatic carbocycles. The van der Waals surface area contributed by atoms with Gasteiger partial charge in [-0.25, -0.2) is 4.79 Å². The molecule has 5 nitrogen and oxygen atoms in total. The highest BCUT2D eigenvalue weighted by Crippen LogP contribution is 2.09. The highest BCUT2D eigenvalue weighted by Gasteiger charge is 2.05. The molecule has 0 bridgehead atoms. The van der Waals surface area contributed by atoms with Crippen LogP contribution >= 0.6 is 0 Å². The summed E-state index contributed by atoms with van der Waals surface area (Å²) in [4.78, 5) is 15.4. The number of amides is 1. The van der Waals surface area contributed by atoms with Crippen LogP contribution in [0.4, 0.5) is 4.79 Å². The van der Waals surface area contributed by atoms with Gasteiger partial charge in [-0.2, -0.15) is 0 Å². The lowest BCUT2D eigenvalue weighted by molar-refractivity contribution is 0.196. The number of nitrogens with zero attached hydrogens (tertiary/aromatic N) is 2. The minimum atomic E-state index is -0.476. The van der Waals surface area contributed by atoms with E-state index in [0.29, 0.717) is 12.4 Å². The maximum Gasteiger partial charge on any atom is 0.414 e. The third kappa shape index (κ3) is 3.07. The second-order valence-electron chi connectivity index (χ2n) is 3.56. The topological polar surface area (TPSA) is 56.1 Å². The van der Waals surface area contributed by atoms with Gasteiger partial charge in [0.1, 0.15) is 0 Å². The zero-order valence-electron chi connectivity index (χ0n) is 9.46. The van der Waals surface area contributed by atoms with Gasteiger partial charge in [0.15, 0.2) is 0 Å². The predicted octanol–water partition coefficient (Wildman–Crippen LogP) is 1.71. The quantitative estimate of drug-likeness (QED) is 0.874. The monoisotopic (exact) mass is 231 g/mol. The van der Waals surface area contributed by atoms with Crippen molar-refractivity contribution >= 4 is 6.09 Å². The first-order valence-electron chi connectivity index (χ1n) is 5.21. The number of aromatic nitrogens is 2. The molecule has 1 N–H and O–H groups in total. The molecule has 2 aromatic heterocycles. The summed E-state index contributed by atoms with van der Waals surface area (Å²) in [6, 6.07) is 7.24. The largest absolute Gasteiger partial charge is 0.414 e. The van der Waals surface area contributed by atoms with Gasteiger partial charge in [-0.05, 0) is 17.7 Å². The van der Waals surface area contributed by atoms with Crippen molar-refractivity contribution in [2.24, 2.45) is 7.05 Å². The van der Waals surface area contributed by atoms with E-state index in [1.54, 1.807) is 23.0 Å². The van der Waals surface area contributed by atoms with Gasteiger partial charge in [-0.3, -0.25) is 4.98 Å². The predicted molar refractivity (Wildman–Crippen MR) is 62.5 cm³/mol. The van der Waals surface area contributed by atoms with Crippen LogP contribution in [-0.4, -0.2) is 15.6 Å². The van der Waals surface area contributed by atoms with Crippen molar-refractivity contribution in [2.45, 2.75) is 6.54 Å². The van der Waals surface area contributed by atoms with Crippen LogP contribution in [0, 0.1) is 0 Å². The van der Waals surface area contributed by atoms with Crippen LogP contribution in [0.3, 0.4) is 0 Å². The summed E-state index contributed by atoms with van der Waals surface area (Å²) in [5, 5.41) is 2.65. The van der Waals surface area contributed by atoms with Gasteiger partial charge in [0, 0.05) is 38.2 Å². The Morgan fingerprint density at radius 3 is 3.00 bits per heavy atom. The first kappa shape index (κ1) is 11.2. The zero-order chi connectivity index (χ0) is 12.1. The minimum absolute atomic E-state index is 0.400. The molecule has 17 heavy (non-hydrogen) atoms. The normalized spacial score (nSPS) is 9.94. The molecule has 0 aliphatic heterocycles. The molecule has 0 saturated heterocycles. The van der Waals surface area contributed by atoms with E-state index in [4.69, 9.17) is 4.74 Å². The van der Waals surface area contributed by atoms with Gasteiger partial charge >= 0.3 is 6.09 Å². The van der Waals surface area contributed by atoms with Crippen molar-refractivity contribution < 1.29 is 9.53 Å². The van der Waals surface area contributed by atoms with E-state index >= 15 is 0 Å². The molecule has 0 aromatic carbocycles. The van der Waals surface area contributed by atoms with E-state index in [-0.39, 0.29) is 0 Å². The van der Waals surface area contributed by atoms with Crippen molar-refractivity contribution in [2.75, 3.05) is 0 Å². The molecule has 1 amide bonds. The van der Waals surface area contributed by atoms with Crippen molar-refractivity contribution in [1.82, 2.24) is 14.9 Å². The molecule has 88 valence electrons. The maximum atomic E-state index is 11.5. The van der Waals surface area contributed by atoms with Gasteiger partial charge in [-0.15, -0.1) is 0 Å². The Morgan fingerprint density at radius 1 is 1.47 bits per heavy atom. The maximum absolute atomic E-state index is 11.5. The fourth-order valence-corrected chi connectivity index (χ4v) is 1.36. The fourth-order valence-electron chi connectivity index (χ4n) is 1.36. The molecule has 0 saturated carbocycles.